The first-order valence-electron chi connectivity index (χ1n) is 5.72. The molecule has 3 unspecified atom stereocenters. The Morgan fingerprint density at radius 1 is 0.923 bits per heavy atom. The van der Waals surface area contributed by atoms with E-state index < -0.39 is 0 Å². The fourth-order valence-corrected chi connectivity index (χ4v) is 1.54. The molecule has 1 N–H and O–H groups in total. The van der Waals surface area contributed by atoms with Crippen molar-refractivity contribution in [2.75, 3.05) is 6.54 Å². The van der Waals surface area contributed by atoms with E-state index in [1.165, 1.54) is 6.42 Å². The summed E-state index contributed by atoms with van der Waals surface area (Å²) < 4.78 is 0. The second-order valence-corrected chi connectivity index (χ2v) is 4.78. The van der Waals surface area contributed by atoms with Gasteiger partial charge in [0.25, 0.3) is 0 Å². The SMILES string of the molecule is CCC(C)C(C)C(C)CNC(C)C. The quantitative estimate of drug-likeness (QED) is 0.669. The summed E-state index contributed by atoms with van der Waals surface area (Å²) in [4.78, 5) is 0. The molecule has 0 spiro atoms. The molecule has 1 heteroatoms. The Hall–Kier alpha value is -0.0400. The summed E-state index contributed by atoms with van der Waals surface area (Å²) >= 11 is 0. The number of hydrogen-bond acceptors (Lipinski definition) is 1. The molecule has 0 aromatic rings. The molecule has 0 aliphatic carbocycles. The van der Waals surface area contributed by atoms with E-state index in [2.05, 4.69) is 46.9 Å². The van der Waals surface area contributed by atoms with Crippen LogP contribution in [0.4, 0.5) is 0 Å². The highest BCUT2D eigenvalue weighted by Gasteiger charge is 2.17. The van der Waals surface area contributed by atoms with Gasteiger partial charge in [-0.15, -0.1) is 0 Å². The molecule has 0 heterocycles. The average molecular weight is 185 g/mol. The van der Waals surface area contributed by atoms with E-state index in [4.69, 9.17) is 0 Å². The predicted molar refractivity (Wildman–Crippen MR) is 60.9 cm³/mol. The standard InChI is InChI=1S/C12H27N/c1-7-10(4)12(6)11(5)8-13-9(2)3/h9-13H,7-8H2,1-6H3. The van der Waals surface area contributed by atoms with Gasteiger partial charge in [0.05, 0.1) is 0 Å². The van der Waals surface area contributed by atoms with Gasteiger partial charge in [-0.05, 0) is 24.3 Å². The summed E-state index contributed by atoms with van der Waals surface area (Å²) in [6.45, 7) is 14.9. The molecule has 80 valence electrons. The third kappa shape index (κ3) is 5.30. The lowest BCUT2D eigenvalue weighted by Crippen LogP contribution is -2.32. The van der Waals surface area contributed by atoms with Crippen LogP contribution in [0.3, 0.4) is 0 Å². The van der Waals surface area contributed by atoms with Crippen LogP contribution in [0.25, 0.3) is 0 Å². The molecule has 0 fully saturated rings. The van der Waals surface area contributed by atoms with Crippen LogP contribution in [0.2, 0.25) is 0 Å². The van der Waals surface area contributed by atoms with Crippen molar-refractivity contribution in [2.45, 2.75) is 54.0 Å². The van der Waals surface area contributed by atoms with E-state index in [0.717, 1.165) is 24.3 Å². The zero-order valence-electron chi connectivity index (χ0n) is 10.2. The first-order valence-corrected chi connectivity index (χ1v) is 5.72. The highest BCUT2D eigenvalue weighted by molar-refractivity contribution is 4.70. The maximum Gasteiger partial charge on any atom is 0.00104 e. The van der Waals surface area contributed by atoms with Crippen LogP contribution in [0, 0.1) is 17.8 Å². The summed E-state index contributed by atoms with van der Waals surface area (Å²) in [5.74, 6) is 2.47. The van der Waals surface area contributed by atoms with E-state index in [1.807, 2.05) is 0 Å². The summed E-state index contributed by atoms with van der Waals surface area (Å²) in [6, 6.07) is 0.617. The van der Waals surface area contributed by atoms with Crippen molar-refractivity contribution >= 4 is 0 Å². The number of nitrogens with one attached hydrogen (secondary N) is 1. The lowest BCUT2D eigenvalue weighted by atomic mass is 9.83. The fourth-order valence-electron chi connectivity index (χ4n) is 1.54. The molecule has 0 amide bonds. The lowest BCUT2D eigenvalue weighted by molar-refractivity contribution is 0.261. The molecule has 0 radical (unpaired) electrons. The summed E-state index contributed by atoms with van der Waals surface area (Å²) in [7, 11) is 0. The minimum Gasteiger partial charge on any atom is -0.314 e. The van der Waals surface area contributed by atoms with Crippen LogP contribution in [-0.4, -0.2) is 12.6 Å². The smallest absolute Gasteiger partial charge is 0.00104 e. The van der Waals surface area contributed by atoms with E-state index >= 15 is 0 Å². The van der Waals surface area contributed by atoms with Gasteiger partial charge in [0.1, 0.15) is 0 Å². The van der Waals surface area contributed by atoms with Gasteiger partial charge in [-0.1, -0.05) is 48.0 Å². The number of rotatable bonds is 6. The lowest BCUT2D eigenvalue weighted by Gasteiger charge is -2.26. The molecule has 0 saturated heterocycles. The monoisotopic (exact) mass is 185 g/mol. The Morgan fingerprint density at radius 3 is 1.85 bits per heavy atom. The van der Waals surface area contributed by atoms with E-state index in [9.17, 15) is 0 Å². The van der Waals surface area contributed by atoms with Crippen molar-refractivity contribution in [3.63, 3.8) is 0 Å². The second-order valence-electron chi connectivity index (χ2n) is 4.78. The molecule has 0 bridgehead atoms. The summed E-state index contributed by atoms with van der Waals surface area (Å²) in [5.41, 5.74) is 0. The first kappa shape index (κ1) is 13.0. The molecule has 0 aliphatic rings. The molecule has 0 aromatic heterocycles. The molecular formula is C12H27N. The molecule has 0 aromatic carbocycles. The Balaban J connectivity index is 3.74. The van der Waals surface area contributed by atoms with Gasteiger partial charge >= 0.3 is 0 Å². The van der Waals surface area contributed by atoms with Crippen molar-refractivity contribution in [3.8, 4) is 0 Å². The zero-order chi connectivity index (χ0) is 10.4. The molecule has 0 aliphatic heterocycles. The van der Waals surface area contributed by atoms with Gasteiger partial charge in [0.2, 0.25) is 0 Å². The number of hydrogen-bond donors (Lipinski definition) is 1. The molecule has 1 nitrogen and oxygen atoms in total. The maximum atomic E-state index is 3.51. The predicted octanol–water partition coefficient (Wildman–Crippen LogP) is 3.30. The average Bonchev–Trinajstić information content (AvgIpc) is 2.11. The van der Waals surface area contributed by atoms with Crippen molar-refractivity contribution in [2.24, 2.45) is 17.8 Å². The highest BCUT2D eigenvalue weighted by Crippen LogP contribution is 2.22. The minimum absolute atomic E-state index is 0.617. The maximum absolute atomic E-state index is 3.51. The Morgan fingerprint density at radius 2 is 1.46 bits per heavy atom. The van der Waals surface area contributed by atoms with E-state index in [-0.39, 0.29) is 0 Å². The van der Waals surface area contributed by atoms with Crippen LogP contribution >= 0.6 is 0 Å². The van der Waals surface area contributed by atoms with Crippen LogP contribution in [0.15, 0.2) is 0 Å². The zero-order valence-corrected chi connectivity index (χ0v) is 10.2. The molecule has 0 saturated carbocycles. The third-order valence-corrected chi connectivity index (χ3v) is 3.29. The van der Waals surface area contributed by atoms with Gasteiger partial charge in [-0.2, -0.15) is 0 Å². The summed E-state index contributed by atoms with van der Waals surface area (Å²) in [5, 5.41) is 3.51. The van der Waals surface area contributed by atoms with Crippen molar-refractivity contribution in [1.29, 1.82) is 0 Å². The fraction of sp³-hybridized carbons (Fsp3) is 1.00. The largest absolute Gasteiger partial charge is 0.314 e. The highest BCUT2D eigenvalue weighted by atomic mass is 14.9. The van der Waals surface area contributed by atoms with Gasteiger partial charge in [-0.3, -0.25) is 0 Å². The van der Waals surface area contributed by atoms with Gasteiger partial charge in [-0.25, -0.2) is 0 Å². The molecule has 3 atom stereocenters. The normalized spacial score (nSPS) is 18.7. The van der Waals surface area contributed by atoms with E-state index in [0.29, 0.717) is 6.04 Å². The van der Waals surface area contributed by atoms with Gasteiger partial charge in [0.15, 0.2) is 0 Å². The molecule has 13 heavy (non-hydrogen) atoms. The van der Waals surface area contributed by atoms with Crippen LogP contribution < -0.4 is 5.32 Å². The third-order valence-electron chi connectivity index (χ3n) is 3.29. The Kier molecular flexibility index (Phi) is 6.40. The Labute approximate surface area is 84.3 Å². The minimum atomic E-state index is 0.617. The van der Waals surface area contributed by atoms with Crippen molar-refractivity contribution in [1.82, 2.24) is 5.32 Å². The van der Waals surface area contributed by atoms with Gasteiger partial charge in [0, 0.05) is 6.04 Å². The topological polar surface area (TPSA) is 12.0 Å². The second kappa shape index (κ2) is 6.42. The van der Waals surface area contributed by atoms with Gasteiger partial charge < -0.3 is 5.32 Å². The van der Waals surface area contributed by atoms with Crippen LogP contribution in [0.1, 0.15) is 48.0 Å². The van der Waals surface area contributed by atoms with E-state index in [1.54, 1.807) is 0 Å². The Bertz CT molecular complexity index is 120. The van der Waals surface area contributed by atoms with Crippen LogP contribution in [0.5, 0.6) is 0 Å². The molecular weight excluding hydrogens is 158 g/mol. The van der Waals surface area contributed by atoms with Crippen molar-refractivity contribution in [3.05, 3.63) is 0 Å². The van der Waals surface area contributed by atoms with Crippen LogP contribution in [-0.2, 0) is 0 Å². The first-order chi connectivity index (χ1) is 5.99. The summed E-state index contributed by atoms with van der Waals surface area (Å²) in [6.07, 6.45) is 1.30. The molecule has 0 rings (SSSR count). The van der Waals surface area contributed by atoms with Crippen molar-refractivity contribution < 1.29 is 0 Å².